The SMILES string of the molecule is Cc1c(C)n(-c2ccc(F)cc2)c2ncnc(N3CCC[C@H](C(=O)O)C3)c12. The molecule has 4 rings (SSSR count). The average molecular weight is 368 g/mol. The van der Waals surface area contributed by atoms with Crippen molar-refractivity contribution < 1.29 is 14.3 Å². The summed E-state index contributed by atoms with van der Waals surface area (Å²) in [7, 11) is 0. The summed E-state index contributed by atoms with van der Waals surface area (Å²) in [5, 5.41) is 10.3. The van der Waals surface area contributed by atoms with Crippen LogP contribution in [0.2, 0.25) is 0 Å². The van der Waals surface area contributed by atoms with Gasteiger partial charge in [0.15, 0.2) is 5.65 Å². The Morgan fingerprint density at radius 3 is 2.67 bits per heavy atom. The molecule has 2 aromatic heterocycles. The number of hydrogen-bond donors (Lipinski definition) is 1. The third-order valence-electron chi connectivity index (χ3n) is 5.43. The molecule has 0 unspecified atom stereocenters. The Hall–Kier alpha value is -2.96. The number of aliphatic carboxylic acids is 1. The fourth-order valence-electron chi connectivity index (χ4n) is 3.90. The van der Waals surface area contributed by atoms with Gasteiger partial charge >= 0.3 is 5.97 Å². The maximum Gasteiger partial charge on any atom is 0.308 e. The Balaban J connectivity index is 1.86. The average Bonchev–Trinajstić information content (AvgIpc) is 2.93. The zero-order valence-electron chi connectivity index (χ0n) is 15.3. The third kappa shape index (κ3) is 2.93. The molecule has 27 heavy (non-hydrogen) atoms. The summed E-state index contributed by atoms with van der Waals surface area (Å²) >= 11 is 0. The van der Waals surface area contributed by atoms with Crippen LogP contribution in [0.4, 0.5) is 10.2 Å². The van der Waals surface area contributed by atoms with Gasteiger partial charge in [-0.15, -0.1) is 0 Å². The van der Waals surface area contributed by atoms with Crippen LogP contribution in [0.15, 0.2) is 30.6 Å². The summed E-state index contributed by atoms with van der Waals surface area (Å²) in [4.78, 5) is 22.5. The van der Waals surface area contributed by atoms with Gasteiger partial charge in [-0.2, -0.15) is 0 Å². The summed E-state index contributed by atoms with van der Waals surface area (Å²) < 4.78 is 15.3. The first kappa shape index (κ1) is 17.5. The lowest BCUT2D eigenvalue weighted by Crippen LogP contribution is -2.39. The van der Waals surface area contributed by atoms with Crippen LogP contribution in [0.25, 0.3) is 16.7 Å². The topological polar surface area (TPSA) is 71.2 Å². The first-order valence-electron chi connectivity index (χ1n) is 9.03. The van der Waals surface area contributed by atoms with Gasteiger partial charge in [0.1, 0.15) is 18.0 Å². The molecule has 1 atom stereocenters. The van der Waals surface area contributed by atoms with Crippen molar-refractivity contribution in [2.75, 3.05) is 18.0 Å². The molecule has 0 bridgehead atoms. The molecule has 1 saturated heterocycles. The number of fused-ring (bicyclic) bond motifs is 1. The van der Waals surface area contributed by atoms with E-state index in [1.54, 1.807) is 12.1 Å². The van der Waals surface area contributed by atoms with Crippen molar-refractivity contribution in [1.82, 2.24) is 14.5 Å². The highest BCUT2D eigenvalue weighted by Gasteiger charge is 2.28. The molecule has 3 aromatic rings. The summed E-state index contributed by atoms with van der Waals surface area (Å²) in [5.74, 6) is -0.661. The first-order chi connectivity index (χ1) is 13.0. The molecule has 6 nitrogen and oxygen atoms in total. The highest BCUT2D eigenvalue weighted by atomic mass is 19.1. The van der Waals surface area contributed by atoms with Gasteiger partial charge in [-0.3, -0.25) is 9.36 Å². The molecule has 3 heterocycles. The van der Waals surface area contributed by atoms with Crippen molar-refractivity contribution in [2.24, 2.45) is 5.92 Å². The number of halogens is 1. The Morgan fingerprint density at radius 1 is 1.22 bits per heavy atom. The second-order valence-electron chi connectivity index (χ2n) is 7.04. The van der Waals surface area contributed by atoms with E-state index in [0.717, 1.165) is 46.8 Å². The van der Waals surface area contributed by atoms with Crippen LogP contribution in [-0.2, 0) is 4.79 Å². The summed E-state index contributed by atoms with van der Waals surface area (Å²) in [6.45, 7) is 5.24. The van der Waals surface area contributed by atoms with E-state index in [1.165, 1.54) is 18.5 Å². The van der Waals surface area contributed by atoms with Crippen LogP contribution < -0.4 is 4.90 Å². The summed E-state index contributed by atoms with van der Waals surface area (Å²) in [5.41, 5.74) is 3.63. The van der Waals surface area contributed by atoms with E-state index in [2.05, 4.69) is 9.97 Å². The Labute approximate surface area is 156 Å². The Morgan fingerprint density at radius 2 is 1.96 bits per heavy atom. The predicted octanol–water partition coefficient (Wildman–Crippen LogP) is 3.48. The number of carboxylic acid groups (broad SMARTS) is 1. The van der Waals surface area contributed by atoms with Crippen molar-refractivity contribution in [1.29, 1.82) is 0 Å². The van der Waals surface area contributed by atoms with E-state index in [1.807, 2.05) is 23.3 Å². The summed E-state index contributed by atoms with van der Waals surface area (Å²) in [6, 6.07) is 6.31. The van der Waals surface area contributed by atoms with Crippen molar-refractivity contribution in [2.45, 2.75) is 26.7 Å². The van der Waals surface area contributed by atoms with E-state index in [4.69, 9.17) is 0 Å². The van der Waals surface area contributed by atoms with E-state index >= 15 is 0 Å². The van der Waals surface area contributed by atoms with Gasteiger partial charge in [-0.1, -0.05) is 0 Å². The Bertz CT molecular complexity index is 1010. The third-order valence-corrected chi connectivity index (χ3v) is 5.43. The molecular formula is C20H21FN4O2. The lowest BCUT2D eigenvalue weighted by atomic mass is 9.98. The zero-order valence-corrected chi connectivity index (χ0v) is 15.3. The molecule has 1 fully saturated rings. The van der Waals surface area contributed by atoms with Gasteiger partial charge in [0.2, 0.25) is 0 Å². The Kier molecular flexibility index (Phi) is 4.30. The number of anilines is 1. The molecule has 1 N–H and O–H groups in total. The van der Waals surface area contributed by atoms with E-state index < -0.39 is 5.97 Å². The number of carbonyl (C=O) groups is 1. The van der Waals surface area contributed by atoms with Crippen molar-refractivity contribution in [3.63, 3.8) is 0 Å². The minimum atomic E-state index is -0.762. The van der Waals surface area contributed by atoms with E-state index in [0.29, 0.717) is 13.0 Å². The molecule has 0 spiro atoms. The maximum absolute atomic E-state index is 13.3. The van der Waals surface area contributed by atoms with Gasteiger partial charge in [0.25, 0.3) is 0 Å². The van der Waals surface area contributed by atoms with E-state index in [9.17, 15) is 14.3 Å². The lowest BCUT2D eigenvalue weighted by molar-refractivity contribution is -0.141. The highest BCUT2D eigenvalue weighted by Crippen LogP contribution is 2.34. The molecule has 1 aliphatic rings. The normalized spacial score (nSPS) is 17.4. The molecule has 0 saturated carbocycles. The van der Waals surface area contributed by atoms with Crippen LogP contribution in [0.1, 0.15) is 24.1 Å². The molecule has 7 heteroatoms. The molecule has 0 radical (unpaired) electrons. The molecule has 1 aliphatic heterocycles. The summed E-state index contributed by atoms with van der Waals surface area (Å²) in [6.07, 6.45) is 3.02. The molecule has 0 aliphatic carbocycles. The lowest BCUT2D eigenvalue weighted by Gasteiger charge is -2.32. The molecule has 0 amide bonds. The monoisotopic (exact) mass is 368 g/mol. The molecular weight excluding hydrogens is 347 g/mol. The first-order valence-corrected chi connectivity index (χ1v) is 9.03. The standard InChI is InChI=1S/C20H21FN4O2/c1-12-13(2)25(16-7-5-15(21)6-8-16)19-17(12)18(22-11-23-19)24-9-3-4-14(10-24)20(26)27/h5-8,11,14H,3-4,9-10H2,1-2H3,(H,26,27)/t14-/m0/s1. The molecule has 140 valence electrons. The number of carboxylic acids is 1. The minimum Gasteiger partial charge on any atom is -0.481 e. The highest BCUT2D eigenvalue weighted by molar-refractivity contribution is 5.93. The fraction of sp³-hybridized carbons (Fsp3) is 0.350. The van der Waals surface area contributed by atoms with Crippen molar-refractivity contribution in [3.8, 4) is 5.69 Å². The van der Waals surface area contributed by atoms with Crippen LogP contribution in [-0.4, -0.2) is 38.7 Å². The van der Waals surface area contributed by atoms with E-state index in [-0.39, 0.29) is 11.7 Å². The van der Waals surface area contributed by atoms with Gasteiger partial charge in [0.05, 0.1) is 11.3 Å². The number of piperidine rings is 1. The van der Waals surface area contributed by atoms with Crippen molar-refractivity contribution >= 4 is 22.8 Å². The zero-order chi connectivity index (χ0) is 19.1. The number of rotatable bonds is 3. The van der Waals surface area contributed by atoms with Crippen LogP contribution >= 0.6 is 0 Å². The number of aromatic nitrogens is 3. The van der Waals surface area contributed by atoms with Gasteiger partial charge < -0.3 is 10.0 Å². The maximum atomic E-state index is 13.3. The van der Waals surface area contributed by atoms with Gasteiger partial charge in [-0.05, 0) is 56.5 Å². The predicted molar refractivity (Wildman–Crippen MR) is 101 cm³/mol. The smallest absolute Gasteiger partial charge is 0.308 e. The number of nitrogens with zero attached hydrogens (tertiary/aromatic N) is 4. The second kappa shape index (κ2) is 6.64. The number of aryl methyl sites for hydroxylation is 1. The minimum absolute atomic E-state index is 0.284. The number of hydrogen-bond acceptors (Lipinski definition) is 4. The fourth-order valence-corrected chi connectivity index (χ4v) is 3.90. The quantitative estimate of drug-likeness (QED) is 0.766. The van der Waals surface area contributed by atoms with Crippen LogP contribution in [0.3, 0.4) is 0 Å². The van der Waals surface area contributed by atoms with Crippen LogP contribution in [0.5, 0.6) is 0 Å². The largest absolute Gasteiger partial charge is 0.481 e. The molecule has 1 aromatic carbocycles. The van der Waals surface area contributed by atoms with Gasteiger partial charge in [0, 0.05) is 24.5 Å². The van der Waals surface area contributed by atoms with Gasteiger partial charge in [-0.25, -0.2) is 14.4 Å². The van der Waals surface area contributed by atoms with Crippen molar-refractivity contribution in [3.05, 3.63) is 47.7 Å². The second-order valence-corrected chi connectivity index (χ2v) is 7.04. The number of benzene rings is 1. The van der Waals surface area contributed by atoms with Crippen LogP contribution in [0, 0.1) is 25.6 Å².